The molecule has 2 nitrogen and oxygen atoms in total. The van der Waals surface area contributed by atoms with Gasteiger partial charge in [-0.3, -0.25) is 0 Å². The first-order valence-corrected chi connectivity index (χ1v) is 4.43. The van der Waals surface area contributed by atoms with Crippen LogP contribution in [-0.4, -0.2) is 16.0 Å². The van der Waals surface area contributed by atoms with Gasteiger partial charge in [-0.25, -0.2) is 0 Å². The Morgan fingerprint density at radius 2 is 2.00 bits per heavy atom. The van der Waals surface area contributed by atoms with Gasteiger partial charge in [0.25, 0.3) is 0 Å². The molecule has 1 heterocycles. The summed E-state index contributed by atoms with van der Waals surface area (Å²) in [7, 11) is 0. The molecule has 0 aliphatic rings. The number of hydrogen-bond acceptors (Lipinski definition) is 2. The van der Waals surface area contributed by atoms with Crippen LogP contribution in [0.4, 0.5) is 0 Å². The summed E-state index contributed by atoms with van der Waals surface area (Å²) in [6.45, 7) is 0. The average Bonchev–Trinajstić information content (AvgIpc) is 2.07. The molecule has 0 unspecified atom stereocenters. The SMILES string of the molecule is O=c1oc2ccccc2cc1[SeH]. The molecule has 0 aliphatic heterocycles. The van der Waals surface area contributed by atoms with Gasteiger partial charge in [0.05, 0.1) is 0 Å². The molecule has 0 spiro atoms. The standard InChI is InChI=1S/C9H6O2Se/c10-9-8(12)5-6-3-1-2-4-7(6)11-9/h1-5,12H. The zero-order valence-electron chi connectivity index (χ0n) is 6.15. The summed E-state index contributed by atoms with van der Waals surface area (Å²) in [5.74, 6) is 0. The molecular formula is C9H6O2Se. The van der Waals surface area contributed by atoms with Crippen LogP contribution < -0.4 is 10.1 Å². The van der Waals surface area contributed by atoms with Crippen LogP contribution in [0.25, 0.3) is 11.0 Å². The van der Waals surface area contributed by atoms with Crippen LogP contribution in [0.1, 0.15) is 0 Å². The van der Waals surface area contributed by atoms with Gasteiger partial charge in [-0.1, -0.05) is 0 Å². The molecule has 12 heavy (non-hydrogen) atoms. The second-order valence-electron chi connectivity index (χ2n) is 2.46. The maximum absolute atomic E-state index is 11.1. The van der Waals surface area contributed by atoms with Crippen LogP contribution in [0.3, 0.4) is 0 Å². The minimum atomic E-state index is -0.284. The third kappa shape index (κ3) is 1.17. The molecule has 0 atom stereocenters. The van der Waals surface area contributed by atoms with E-state index in [4.69, 9.17) is 4.42 Å². The second-order valence-corrected chi connectivity index (χ2v) is 3.47. The van der Waals surface area contributed by atoms with Crippen molar-refractivity contribution in [1.29, 1.82) is 0 Å². The van der Waals surface area contributed by atoms with E-state index in [9.17, 15) is 4.79 Å². The molecule has 2 aromatic rings. The molecule has 0 bridgehead atoms. The van der Waals surface area contributed by atoms with E-state index in [-0.39, 0.29) is 5.63 Å². The maximum atomic E-state index is 11.1. The first-order chi connectivity index (χ1) is 5.77. The molecule has 0 amide bonds. The van der Waals surface area contributed by atoms with Gasteiger partial charge in [-0.15, -0.1) is 0 Å². The van der Waals surface area contributed by atoms with Gasteiger partial charge in [0, 0.05) is 0 Å². The first-order valence-electron chi connectivity index (χ1n) is 3.49. The van der Waals surface area contributed by atoms with Gasteiger partial charge in [0.1, 0.15) is 0 Å². The summed E-state index contributed by atoms with van der Waals surface area (Å²) in [6.07, 6.45) is 0. The van der Waals surface area contributed by atoms with Gasteiger partial charge >= 0.3 is 76.6 Å². The van der Waals surface area contributed by atoms with E-state index in [2.05, 4.69) is 16.0 Å². The summed E-state index contributed by atoms with van der Waals surface area (Å²) >= 11 is 2.20. The third-order valence-corrected chi connectivity index (χ3v) is 2.28. The van der Waals surface area contributed by atoms with E-state index in [0.717, 1.165) is 5.39 Å². The Morgan fingerprint density at radius 1 is 1.25 bits per heavy atom. The van der Waals surface area contributed by atoms with E-state index in [0.29, 0.717) is 10.0 Å². The molecule has 1 aromatic heterocycles. The topological polar surface area (TPSA) is 30.2 Å². The molecule has 1 aromatic carbocycles. The number of fused-ring (bicyclic) bond motifs is 1. The molecule has 0 radical (unpaired) electrons. The first kappa shape index (κ1) is 7.59. The quantitative estimate of drug-likeness (QED) is 0.477. The van der Waals surface area contributed by atoms with Crippen molar-refractivity contribution in [3.63, 3.8) is 0 Å². The minimum absolute atomic E-state index is 0.284. The monoisotopic (exact) mass is 226 g/mol. The average molecular weight is 225 g/mol. The summed E-state index contributed by atoms with van der Waals surface area (Å²) in [6, 6.07) is 9.25. The molecule has 2 rings (SSSR count). The van der Waals surface area contributed by atoms with Crippen molar-refractivity contribution in [2.75, 3.05) is 0 Å². The Kier molecular flexibility index (Phi) is 1.75. The molecule has 0 saturated carbocycles. The Labute approximate surface area is 77.0 Å². The summed E-state index contributed by atoms with van der Waals surface area (Å²) in [5, 5.41) is 0.952. The number of para-hydroxylation sites is 1. The van der Waals surface area contributed by atoms with Gasteiger partial charge in [0.2, 0.25) is 0 Å². The zero-order chi connectivity index (χ0) is 8.55. The predicted molar refractivity (Wildman–Crippen MR) is 49.3 cm³/mol. The molecule has 0 N–H and O–H groups in total. The van der Waals surface area contributed by atoms with Crippen molar-refractivity contribution in [3.05, 3.63) is 40.8 Å². The second kappa shape index (κ2) is 2.77. The molecule has 60 valence electrons. The fraction of sp³-hybridized carbons (Fsp3) is 0. The number of benzene rings is 1. The van der Waals surface area contributed by atoms with Crippen molar-refractivity contribution < 1.29 is 4.42 Å². The zero-order valence-corrected chi connectivity index (χ0v) is 8.03. The Balaban J connectivity index is 2.93. The van der Waals surface area contributed by atoms with E-state index < -0.39 is 0 Å². The van der Waals surface area contributed by atoms with Crippen LogP contribution >= 0.6 is 0 Å². The summed E-state index contributed by atoms with van der Waals surface area (Å²) in [4.78, 5) is 11.1. The van der Waals surface area contributed by atoms with Crippen molar-refractivity contribution in [2.45, 2.75) is 0 Å². The van der Waals surface area contributed by atoms with E-state index in [1.807, 2.05) is 18.2 Å². The van der Waals surface area contributed by atoms with E-state index in [1.165, 1.54) is 0 Å². The Morgan fingerprint density at radius 3 is 2.83 bits per heavy atom. The molecular weight excluding hydrogens is 219 g/mol. The molecule has 0 saturated heterocycles. The molecule has 0 fully saturated rings. The van der Waals surface area contributed by atoms with Gasteiger partial charge < -0.3 is 0 Å². The Hall–Kier alpha value is -1.05. The fourth-order valence-corrected chi connectivity index (χ4v) is 1.44. The van der Waals surface area contributed by atoms with Crippen molar-refractivity contribution in [3.8, 4) is 0 Å². The normalized spacial score (nSPS) is 10.4. The van der Waals surface area contributed by atoms with Crippen molar-refractivity contribution in [1.82, 2.24) is 0 Å². The van der Waals surface area contributed by atoms with Crippen molar-refractivity contribution >= 4 is 31.4 Å². The Bertz CT molecular complexity index is 473. The third-order valence-electron chi connectivity index (χ3n) is 1.62. The van der Waals surface area contributed by atoms with Crippen LogP contribution in [0.2, 0.25) is 0 Å². The summed E-state index contributed by atoms with van der Waals surface area (Å²) in [5.41, 5.74) is 0.353. The predicted octanol–water partition coefficient (Wildman–Crippen LogP) is 0.319. The fourth-order valence-electron chi connectivity index (χ4n) is 1.05. The molecule has 3 heteroatoms. The van der Waals surface area contributed by atoms with Crippen molar-refractivity contribution in [2.24, 2.45) is 0 Å². The van der Waals surface area contributed by atoms with E-state index >= 15 is 0 Å². The van der Waals surface area contributed by atoms with Crippen LogP contribution in [-0.2, 0) is 0 Å². The van der Waals surface area contributed by atoms with Crippen LogP contribution in [0.15, 0.2) is 39.5 Å². The number of rotatable bonds is 0. The van der Waals surface area contributed by atoms with E-state index in [1.54, 1.807) is 12.1 Å². The molecule has 0 aliphatic carbocycles. The summed E-state index contributed by atoms with van der Waals surface area (Å²) < 4.78 is 5.61. The van der Waals surface area contributed by atoms with Gasteiger partial charge in [-0.2, -0.15) is 0 Å². The number of hydrogen-bond donors (Lipinski definition) is 0. The van der Waals surface area contributed by atoms with Gasteiger partial charge in [0.15, 0.2) is 0 Å². The van der Waals surface area contributed by atoms with Crippen LogP contribution in [0.5, 0.6) is 0 Å². The van der Waals surface area contributed by atoms with Crippen LogP contribution in [0, 0.1) is 0 Å². The van der Waals surface area contributed by atoms with Gasteiger partial charge in [-0.05, 0) is 0 Å².